The lowest BCUT2D eigenvalue weighted by molar-refractivity contribution is -0.120. The normalized spacial score (nSPS) is 13.7. The number of carbonyl (C=O) groups is 1. The van der Waals surface area contributed by atoms with Crippen LogP contribution in [0.2, 0.25) is 0 Å². The minimum Gasteiger partial charge on any atom is -0.384 e. The van der Waals surface area contributed by atoms with Gasteiger partial charge >= 0.3 is 0 Å². The smallest absolute Gasteiger partial charge is 0.283 e. The lowest BCUT2D eigenvalue weighted by atomic mass is 9.85. The first kappa shape index (κ1) is 25.0. The Bertz CT molecular complexity index is 1060. The predicted octanol–water partition coefficient (Wildman–Crippen LogP) is 2.54. The highest BCUT2D eigenvalue weighted by Gasteiger charge is 2.31. The third-order valence-electron chi connectivity index (χ3n) is 5.04. The molecule has 0 fully saturated rings. The van der Waals surface area contributed by atoms with Crippen molar-refractivity contribution in [3.8, 4) is 0 Å². The van der Waals surface area contributed by atoms with Crippen molar-refractivity contribution in [1.82, 2.24) is 14.5 Å². The molecule has 1 amide bonds. The molecular weight excluding hydrogens is 423 g/mol. The van der Waals surface area contributed by atoms with Gasteiger partial charge < -0.3 is 10.8 Å². The topological polar surface area (TPSA) is 127 Å². The summed E-state index contributed by atoms with van der Waals surface area (Å²) >= 11 is 0. The van der Waals surface area contributed by atoms with Crippen LogP contribution in [-0.2, 0) is 27.5 Å². The monoisotopic (exact) mass is 454 g/mol. The number of hydrogen-bond acceptors (Lipinski definition) is 6. The Kier molecular flexibility index (Phi) is 6.99. The van der Waals surface area contributed by atoms with Crippen molar-refractivity contribution in [1.29, 1.82) is 0 Å². The summed E-state index contributed by atoms with van der Waals surface area (Å²) in [4.78, 5) is 12.9. The average Bonchev–Trinajstić information content (AvgIpc) is 3.03. The van der Waals surface area contributed by atoms with Crippen molar-refractivity contribution < 1.29 is 22.7 Å². The highest BCUT2D eigenvalue weighted by atomic mass is 32.2. The highest BCUT2D eigenvalue weighted by Crippen LogP contribution is 2.33. The number of carbonyl (C=O) groups excluding carboxylic acids is 1. The predicted molar refractivity (Wildman–Crippen MR) is 115 cm³/mol. The molecule has 2 rings (SSSR count). The molecule has 0 bridgehead atoms. The first-order chi connectivity index (χ1) is 14.1. The number of rotatable bonds is 7. The van der Waals surface area contributed by atoms with E-state index in [1.165, 1.54) is 43.8 Å². The van der Waals surface area contributed by atoms with Crippen LogP contribution in [0.5, 0.6) is 0 Å². The second-order valence-electron chi connectivity index (χ2n) is 8.81. The van der Waals surface area contributed by atoms with E-state index in [4.69, 9.17) is 5.73 Å². The Morgan fingerprint density at radius 3 is 2.03 bits per heavy atom. The van der Waals surface area contributed by atoms with Crippen LogP contribution in [0.4, 0.5) is 4.39 Å². The lowest BCUT2D eigenvalue weighted by Gasteiger charge is -2.24. The van der Waals surface area contributed by atoms with Crippen molar-refractivity contribution in [3.05, 3.63) is 46.4 Å². The maximum atomic E-state index is 14.2. The Labute approximate surface area is 182 Å². The molecule has 0 saturated carbocycles. The number of nitrogens with two attached hydrogens (primary N) is 1. The average molecular weight is 455 g/mol. The zero-order valence-corrected chi connectivity index (χ0v) is 19.7. The molecule has 0 aliphatic carbocycles. The quantitative estimate of drug-likeness (QED) is 0.590. The van der Waals surface area contributed by atoms with Gasteiger partial charge in [0, 0.05) is 13.1 Å². The molecule has 0 saturated heterocycles. The van der Waals surface area contributed by atoms with Crippen molar-refractivity contribution in [2.45, 2.75) is 70.0 Å². The van der Waals surface area contributed by atoms with Crippen molar-refractivity contribution in [2.24, 2.45) is 12.8 Å². The van der Waals surface area contributed by atoms with Gasteiger partial charge in [-0.25, -0.2) is 9.11 Å². The standard InChI is InChI=1S/C21H31FN4O4S/c1-11(2)14-8-13(22)9-15(12(3)4)18(14)19(23)20(27)25-31(29,30)17-10-16(21(5,6)28)26(7)24-17/h8-12,19,28H,23H2,1-7H3,(H,25,27). The molecule has 0 radical (unpaired) electrons. The van der Waals surface area contributed by atoms with Gasteiger partial charge in [0.25, 0.3) is 15.9 Å². The number of hydrogen-bond donors (Lipinski definition) is 3. The number of aliphatic hydroxyl groups is 1. The number of aryl methyl sites for hydroxylation is 1. The minimum absolute atomic E-state index is 0.135. The maximum absolute atomic E-state index is 14.2. The van der Waals surface area contributed by atoms with Gasteiger partial charge in [-0.05, 0) is 54.5 Å². The Morgan fingerprint density at radius 2 is 1.65 bits per heavy atom. The van der Waals surface area contributed by atoms with Gasteiger partial charge in [0.2, 0.25) is 0 Å². The molecule has 10 heteroatoms. The summed E-state index contributed by atoms with van der Waals surface area (Å²) in [6.45, 7) is 10.4. The van der Waals surface area contributed by atoms with Crippen LogP contribution < -0.4 is 10.5 Å². The third kappa shape index (κ3) is 5.31. The third-order valence-corrected chi connectivity index (χ3v) is 6.26. The largest absolute Gasteiger partial charge is 0.384 e. The Hall–Kier alpha value is -2.30. The van der Waals surface area contributed by atoms with E-state index in [-0.39, 0.29) is 17.5 Å². The van der Waals surface area contributed by atoms with E-state index >= 15 is 0 Å². The molecule has 8 nitrogen and oxygen atoms in total. The van der Waals surface area contributed by atoms with Gasteiger partial charge in [-0.1, -0.05) is 27.7 Å². The fraction of sp³-hybridized carbons (Fsp3) is 0.524. The van der Waals surface area contributed by atoms with Crippen molar-refractivity contribution >= 4 is 15.9 Å². The molecule has 0 aliphatic heterocycles. The summed E-state index contributed by atoms with van der Waals surface area (Å²) in [7, 11) is -2.86. The fourth-order valence-electron chi connectivity index (χ4n) is 3.50. The first-order valence-electron chi connectivity index (χ1n) is 9.98. The van der Waals surface area contributed by atoms with Crippen molar-refractivity contribution in [3.63, 3.8) is 0 Å². The molecule has 1 atom stereocenters. The molecule has 172 valence electrons. The van der Waals surface area contributed by atoms with Crippen molar-refractivity contribution in [2.75, 3.05) is 0 Å². The minimum atomic E-state index is -4.35. The molecule has 4 N–H and O–H groups in total. The van der Waals surface area contributed by atoms with E-state index in [1.54, 1.807) is 0 Å². The molecule has 1 unspecified atom stereocenters. The molecule has 2 aromatic rings. The molecule has 1 aromatic carbocycles. The van der Waals surface area contributed by atoms with Crippen LogP contribution in [0.25, 0.3) is 0 Å². The summed E-state index contributed by atoms with van der Waals surface area (Å²) in [6, 6.07) is 2.50. The van der Waals surface area contributed by atoms with E-state index in [0.717, 1.165) is 0 Å². The van der Waals surface area contributed by atoms with E-state index in [1.807, 2.05) is 32.4 Å². The zero-order valence-electron chi connectivity index (χ0n) is 18.9. The number of aromatic nitrogens is 2. The second-order valence-corrected chi connectivity index (χ2v) is 10.4. The number of benzene rings is 1. The molecule has 0 aliphatic rings. The molecule has 1 aromatic heterocycles. The van der Waals surface area contributed by atoms with E-state index in [2.05, 4.69) is 5.10 Å². The highest BCUT2D eigenvalue weighted by molar-refractivity contribution is 7.90. The summed E-state index contributed by atoms with van der Waals surface area (Å²) < 4.78 is 42.9. The summed E-state index contributed by atoms with van der Waals surface area (Å²) in [5.74, 6) is -1.66. The molecule has 31 heavy (non-hydrogen) atoms. The zero-order chi connectivity index (χ0) is 23.9. The maximum Gasteiger partial charge on any atom is 0.283 e. The van der Waals surface area contributed by atoms with Gasteiger partial charge in [-0.3, -0.25) is 9.48 Å². The summed E-state index contributed by atoms with van der Waals surface area (Å²) in [6.07, 6.45) is 0. The van der Waals surface area contributed by atoms with Crippen LogP contribution in [0.15, 0.2) is 23.2 Å². The lowest BCUT2D eigenvalue weighted by Crippen LogP contribution is -2.39. The van der Waals surface area contributed by atoms with E-state index < -0.39 is 38.4 Å². The van der Waals surface area contributed by atoms with Gasteiger partial charge in [-0.2, -0.15) is 13.5 Å². The number of amides is 1. The number of nitrogens with zero attached hydrogens (tertiary/aromatic N) is 2. The van der Waals surface area contributed by atoms with Gasteiger partial charge in [-0.15, -0.1) is 0 Å². The SMILES string of the molecule is CC(C)c1cc(F)cc(C(C)C)c1C(N)C(=O)NS(=O)(=O)c1cc(C(C)(C)O)n(C)n1. The molecular formula is C21H31FN4O4S. The van der Waals surface area contributed by atoms with Crippen LogP contribution >= 0.6 is 0 Å². The summed E-state index contributed by atoms with van der Waals surface area (Å²) in [5.41, 5.74) is 6.63. The van der Waals surface area contributed by atoms with Gasteiger partial charge in [0.05, 0.1) is 5.69 Å². The number of nitrogens with one attached hydrogen (secondary N) is 1. The van der Waals surface area contributed by atoms with Crippen LogP contribution in [0.3, 0.4) is 0 Å². The molecule has 0 spiro atoms. The van der Waals surface area contributed by atoms with E-state index in [0.29, 0.717) is 16.7 Å². The van der Waals surface area contributed by atoms with E-state index in [9.17, 15) is 22.7 Å². The first-order valence-corrected chi connectivity index (χ1v) is 11.5. The van der Waals surface area contributed by atoms with Crippen LogP contribution in [-0.4, -0.2) is 29.2 Å². The number of halogens is 1. The van der Waals surface area contributed by atoms with Crippen LogP contribution in [0.1, 0.15) is 81.8 Å². The van der Waals surface area contributed by atoms with Gasteiger partial charge in [0.1, 0.15) is 17.5 Å². The number of sulfonamides is 1. The summed E-state index contributed by atoms with van der Waals surface area (Å²) in [5, 5.41) is 13.6. The van der Waals surface area contributed by atoms with Gasteiger partial charge in [0.15, 0.2) is 5.03 Å². The second kappa shape index (κ2) is 8.68. The molecule has 1 heterocycles. The van der Waals surface area contributed by atoms with Crippen LogP contribution in [0, 0.1) is 5.82 Å². The Balaban J connectivity index is 2.45. The Morgan fingerprint density at radius 1 is 1.16 bits per heavy atom. The fourth-order valence-corrected chi connectivity index (χ4v) is 4.49.